The molecule has 0 N–H and O–H groups in total. The number of piperidine rings is 1. The van der Waals surface area contributed by atoms with Crippen LogP contribution in [0, 0.1) is 12.8 Å². The van der Waals surface area contributed by atoms with Gasteiger partial charge in [-0.1, -0.05) is 42.8 Å². The number of amides is 1. The molecule has 6 heteroatoms. The minimum absolute atomic E-state index is 0.210. The lowest BCUT2D eigenvalue weighted by atomic mass is 9.78. The SMILES string of the molecule is Cc1ccccc1-c1nnc(SCC(=O)N2CCC[C@@H]3CCCC[C@H]32)o1. The van der Waals surface area contributed by atoms with Crippen LogP contribution < -0.4 is 0 Å². The molecule has 0 unspecified atom stereocenters. The zero-order valence-corrected chi connectivity index (χ0v) is 16.0. The number of likely N-dealkylation sites (tertiary alicyclic amines) is 1. The molecular weight excluding hydrogens is 346 g/mol. The van der Waals surface area contributed by atoms with Crippen LogP contribution in [0.2, 0.25) is 0 Å². The zero-order chi connectivity index (χ0) is 17.9. The van der Waals surface area contributed by atoms with Crippen LogP contribution in [0.25, 0.3) is 11.5 Å². The molecule has 1 aliphatic carbocycles. The number of thioether (sulfide) groups is 1. The number of hydrogen-bond donors (Lipinski definition) is 0. The fourth-order valence-corrected chi connectivity index (χ4v) is 4.98. The van der Waals surface area contributed by atoms with Crippen molar-refractivity contribution in [1.82, 2.24) is 15.1 Å². The third-order valence-electron chi connectivity index (χ3n) is 5.66. The highest BCUT2D eigenvalue weighted by Gasteiger charge is 2.35. The summed E-state index contributed by atoms with van der Waals surface area (Å²) in [5, 5.41) is 8.72. The first-order chi connectivity index (χ1) is 12.7. The highest BCUT2D eigenvalue weighted by Crippen LogP contribution is 2.35. The number of hydrogen-bond acceptors (Lipinski definition) is 5. The number of fused-ring (bicyclic) bond motifs is 1. The van der Waals surface area contributed by atoms with Gasteiger partial charge in [0.05, 0.1) is 5.75 Å². The summed E-state index contributed by atoms with van der Waals surface area (Å²) in [5.74, 6) is 1.81. The van der Waals surface area contributed by atoms with Crippen molar-refractivity contribution < 1.29 is 9.21 Å². The molecule has 2 aliphatic rings. The first-order valence-electron chi connectivity index (χ1n) is 9.54. The van der Waals surface area contributed by atoms with Crippen LogP contribution in [0.3, 0.4) is 0 Å². The molecule has 1 aliphatic heterocycles. The first kappa shape index (κ1) is 17.6. The number of nitrogens with zero attached hydrogens (tertiary/aromatic N) is 3. The molecular formula is C20H25N3O2S. The predicted molar refractivity (Wildman–Crippen MR) is 102 cm³/mol. The maximum Gasteiger partial charge on any atom is 0.277 e. The van der Waals surface area contributed by atoms with E-state index in [1.54, 1.807) is 0 Å². The number of aromatic nitrogens is 2. The molecule has 0 spiro atoms. The summed E-state index contributed by atoms with van der Waals surface area (Å²) in [6.07, 6.45) is 7.44. The highest BCUT2D eigenvalue weighted by atomic mass is 32.2. The monoisotopic (exact) mass is 371 g/mol. The minimum atomic E-state index is 0.210. The van der Waals surface area contributed by atoms with E-state index >= 15 is 0 Å². The standard InChI is InChI=1S/C20H25N3O2S/c1-14-7-2-4-10-16(14)19-21-22-20(25-19)26-13-18(24)23-12-6-9-15-8-3-5-11-17(15)23/h2,4,7,10,15,17H,3,5-6,8-9,11-13H2,1H3/t15-,17+/m0/s1. The van der Waals surface area contributed by atoms with Gasteiger partial charge in [-0.05, 0) is 50.2 Å². The molecule has 2 heterocycles. The molecule has 1 saturated heterocycles. The van der Waals surface area contributed by atoms with Crippen LogP contribution in [-0.4, -0.2) is 39.3 Å². The fourth-order valence-electron chi connectivity index (χ4n) is 4.33. The maximum atomic E-state index is 12.8. The van der Waals surface area contributed by atoms with Crippen molar-refractivity contribution in [3.8, 4) is 11.5 Å². The third kappa shape index (κ3) is 3.65. The van der Waals surface area contributed by atoms with Gasteiger partial charge in [-0.15, -0.1) is 10.2 Å². The molecule has 1 aromatic heterocycles. The van der Waals surface area contributed by atoms with Crippen molar-refractivity contribution in [3.63, 3.8) is 0 Å². The molecule has 1 aromatic carbocycles. The second kappa shape index (κ2) is 7.82. The number of carbonyl (C=O) groups is 1. The third-order valence-corrected chi connectivity index (χ3v) is 6.47. The van der Waals surface area contributed by atoms with Crippen LogP contribution in [0.4, 0.5) is 0 Å². The number of carbonyl (C=O) groups excluding carboxylic acids is 1. The Morgan fingerprint density at radius 1 is 1.19 bits per heavy atom. The van der Waals surface area contributed by atoms with Gasteiger partial charge in [0, 0.05) is 18.2 Å². The molecule has 2 aromatic rings. The summed E-state index contributed by atoms with van der Waals surface area (Å²) in [4.78, 5) is 14.9. The van der Waals surface area contributed by atoms with Gasteiger partial charge < -0.3 is 9.32 Å². The van der Waals surface area contributed by atoms with Gasteiger partial charge in [-0.3, -0.25) is 4.79 Å². The quantitative estimate of drug-likeness (QED) is 0.749. The lowest BCUT2D eigenvalue weighted by molar-refractivity contribution is -0.134. The van der Waals surface area contributed by atoms with E-state index in [2.05, 4.69) is 15.1 Å². The van der Waals surface area contributed by atoms with Crippen LogP contribution in [0.5, 0.6) is 0 Å². The largest absolute Gasteiger partial charge is 0.411 e. The molecule has 1 saturated carbocycles. The minimum Gasteiger partial charge on any atom is -0.411 e. The topological polar surface area (TPSA) is 59.2 Å². The van der Waals surface area contributed by atoms with Crippen molar-refractivity contribution >= 4 is 17.7 Å². The van der Waals surface area contributed by atoms with Crippen LogP contribution >= 0.6 is 11.8 Å². The van der Waals surface area contributed by atoms with E-state index in [0.717, 1.165) is 24.1 Å². The van der Waals surface area contributed by atoms with Crippen molar-refractivity contribution in [1.29, 1.82) is 0 Å². The highest BCUT2D eigenvalue weighted by molar-refractivity contribution is 7.99. The summed E-state index contributed by atoms with van der Waals surface area (Å²) >= 11 is 1.35. The van der Waals surface area contributed by atoms with Gasteiger partial charge in [-0.25, -0.2) is 0 Å². The molecule has 138 valence electrons. The number of aryl methyl sites for hydroxylation is 1. The van der Waals surface area contributed by atoms with Crippen molar-refractivity contribution in [2.45, 2.75) is 56.7 Å². The van der Waals surface area contributed by atoms with Gasteiger partial charge in [0.2, 0.25) is 11.8 Å². The van der Waals surface area contributed by atoms with Gasteiger partial charge in [0.15, 0.2) is 0 Å². The van der Waals surface area contributed by atoms with Gasteiger partial charge in [0.25, 0.3) is 5.22 Å². The van der Waals surface area contributed by atoms with E-state index in [-0.39, 0.29) is 5.91 Å². The number of rotatable bonds is 4. The lowest BCUT2D eigenvalue weighted by Gasteiger charge is -2.44. The van der Waals surface area contributed by atoms with Gasteiger partial charge >= 0.3 is 0 Å². The van der Waals surface area contributed by atoms with Crippen molar-refractivity contribution in [2.24, 2.45) is 5.92 Å². The summed E-state index contributed by atoms with van der Waals surface area (Å²) in [6, 6.07) is 8.39. The zero-order valence-electron chi connectivity index (χ0n) is 15.2. The molecule has 1 amide bonds. The second-order valence-electron chi connectivity index (χ2n) is 7.32. The number of benzene rings is 1. The maximum absolute atomic E-state index is 12.8. The Balaban J connectivity index is 1.38. The van der Waals surface area contributed by atoms with E-state index in [1.807, 2.05) is 31.2 Å². The van der Waals surface area contributed by atoms with E-state index in [0.29, 0.717) is 28.8 Å². The first-order valence-corrected chi connectivity index (χ1v) is 10.5. The van der Waals surface area contributed by atoms with Crippen molar-refractivity contribution in [2.75, 3.05) is 12.3 Å². The Hall–Kier alpha value is -1.82. The van der Waals surface area contributed by atoms with Crippen LogP contribution in [0.15, 0.2) is 33.9 Å². The molecule has 5 nitrogen and oxygen atoms in total. The van der Waals surface area contributed by atoms with Gasteiger partial charge in [-0.2, -0.15) is 0 Å². The molecule has 0 radical (unpaired) electrons. The second-order valence-corrected chi connectivity index (χ2v) is 8.24. The van der Waals surface area contributed by atoms with Crippen molar-refractivity contribution in [3.05, 3.63) is 29.8 Å². The Bertz CT molecular complexity index is 774. The lowest BCUT2D eigenvalue weighted by Crippen LogP contribution is -2.50. The normalized spacial score (nSPS) is 22.9. The Kier molecular flexibility index (Phi) is 5.29. The van der Waals surface area contributed by atoms with E-state index < -0.39 is 0 Å². The molecule has 2 fully saturated rings. The molecule has 4 rings (SSSR count). The average Bonchev–Trinajstić information content (AvgIpc) is 3.15. The summed E-state index contributed by atoms with van der Waals surface area (Å²) < 4.78 is 5.76. The summed E-state index contributed by atoms with van der Waals surface area (Å²) in [5.41, 5.74) is 2.04. The predicted octanol–water partition coefficient (Wildman–Crippen LogP) is 4.32. The smallest absolute Gasteiger partial charge is 0.277 e. The van der Waals surface area contributed by atoms with Crippen LogP contribution in [-0.2, 0) is 4.79 Å². The summed E-state index contributed by atoms with van der Waals surface area (Å²) in [6.45, 7) is 2.92. The Morgan fingerprint density at radius 3 is 2.88 bits per heavy atom. The average molecular weight is 372 g/mol. The molecule has 26 heavy (non-hydrogen) atoms. The summed E-state index contributed by atoms with van der Waals surface area (Å²) in [7, 11) is 0. The Labute approximate surface area is 158 Å². The molecule has 2 atom stereocenters. The van der Waals surface area contributed by atoms with E-state index in [4.69, 9.17) is 4.42 Å². The van der Waals surface area contributed by atoms with Crippen LogP contribution in [0.1, 0.15) is 44.1 Å². The fraction of sp³-hybridized carbons (Fsp3) is 0.550. The van der Waals surface area contributed by atoms with Gasteiger partial charge in [0.1, 0.15) is 0 Å². The van der Waals surface area contributed by atoms with E-state index in [1.165, 1.54) is 43.9 Å². The molecule has 0 bridgehead atoms. The Morgan fingerprint density at radius 2 is 2.00 bits per heavy atom. The van der Waals surface area contributed by atoms with E-state index in [9.17, 15) is 4.79 Å².